The van der Waals surface area contributed by atoms with Crippen molar-refractivity contribution in [3.05, 3.63) is 121 Å². The topological polar surface area (TPSA) is 51.8 Å². The van der Waals surface area contributed by atoms with Gasteiger partial charge in [-0.3, -0.25) is 0 Å². The molecule has 0 spiro atoms. The smallest absolute Gasteiger partial charge is 0.164 e. The summed E-state index contributed by atoms with van der Waals surface area (Å²) in [5.74, 6) is 1.78. The number of hydrogen-bond donors (Lipinski definition) is 0. The highest BCUT2D eigenvalue weighted by Gasteiger charge is 2.16. The van der Waals surface area contributed by atoms with Crippen LogP contribution in [0.2, 0.25) is 0 Å². The third-order valence-electron chi connectivity index (χ3n) is 8.64. The maximum atomic E-state index is 6.34. The van der Waals surface area contributed by atoms with Crippen LogP contribution in [-0.2, 0) is 0 Å². The van der Waals surface area contributed by atoms with Gasteiger partial charge in [0.15, 0.2) is 17.5 Å². The van der Waals surface area contributed by atoms with Gasteiger partial charge in [-0.1, -0.05) is 108 Å². The first-order valence-electron chi connectivity index (χ1n) is 15.3. The minimum absolute atomic E-state index is 0.195. The lowest BCUT2D eigenvalue weighted by Gasteiger charge is -2.21. The third kappa shape index (κ3) is 5.16. The zero-order chi connectivity index (χ0) is 32.9. The molecular weight excluding hydrogens is 581 g/mol. The molecule has 0 saturated carbocycles. The standard InChI is InChI=1S/C39H20B5N3O/c40-32-31(33(41)35(43)36(44)34(32)42)22-13-11-21(12-14-22)25-16-18-29-28(19-25)27-17-15-26(20-30(27)48-29)39-46-37(23-7-3-1-4-8-23)45-38(47-39)24-9-5-2-6-10-24/h1-20H. The van der Waals surface area contributed by atoms with Gasteiger partial charge in [-0.15, -0.1) is 16.4 Å². The molecule has 2 aromatic heterocycles. The van der Waals surface area contributed by atoms with Gasteiger partial charge in [-0.25, -0.2) is 15.0 Å². The molecule has 0 atom stereocenters. The lowest BCUT2D eigenvalue weighted by molar-refractivity contribution is 0.669. The summed E-state index contributed by atoms with van der Waals surface area (Å²) in [6.45, 7) is 0. The Morgan fingerprint density at radius 1 is 0.354 bits per heavy atom. The number of rotatable bonds is 5. The predicted molar refractivity (Wildman–Crippen MR) is 201 cm³/mol. The van der Waals surface area contributed by atoms with Crippen LogP contribution in [0.5, 0.6) is 0 Å². The molecule has 2 heterocycles. The summed E-state index contributed by atoms with van der Waals surface area (Å²) in [7, 11) is 30.8. The molecule has 0 amide bonds. The van der Waals surface area contributed by atoms with Crippen molar-refractivity contribution < 1.29 is 4.42 Å². The second kappa shape index (κ2) is 11.9. The van der Waals surface area contributed by atoms with E-state index in [-0.39, 0.29) is 16.4 Å². The van der Waals surface area contributed by atoms with Crippen molar-refractivity contribution in [3.8, 4) is 56.4 Å². The Morgan fingerprint density at radius 2 is 0.833 bits per heavy atom. The van der Waals surface area contributed by atoms with Crippen LogP contribution in [-0.4, -0.2) is 54.2 Å². The normalized spacial score (nSPS) is 11.3. The van der Waals surface area contributed by atoms with Gasteiger partial charge in [-0.05, 0) is 46.5 Å². The highest BCUT2D eigenvalue weighted by molar-refractivity contribution is 6.68. The van der Waals surface area contributed by atoms with Gasteiger partial charge in [0.2, 0.25) is 0 Å². The van der Waals surface area contributed by atoms with E-state index in [9.17, 15) is 0 Å². The number of aromatic nitrogens is 3. The molecular formula is C39H20B5N3O. The molecule has 0 fully saturated rings. The summed E-state index contributed by atoms with van der Waals surface area (Å²) in [6.07, 6.45) is 0. The molecule has 0 aliphatic carbocycles. The van der Waals surface area contributed by atoms with Crippen LogP contribution in [0.4, 0.5) is 0 Å². The van der Waals surface area contributed by atoms with Crippen molar-refractivity contribution in [2.75, 3.05) is 0 Å². The molecule has 0 unspecified atom stereocenters. The van der Waals surface area contributed by atoms with E-state index in [1.807, 2.05) is 109 Å². The average molecular weight is 601 g/mol. The number of benzene rings is 6. The van der Waals surface area contributed by atoms with E-state index in [1.165, 1.54) is 0 Å². The van der Waals surface area contributed by atoms with E-state index < -0.39 is 0 Å². The van der Waals surface area contributed by atoms with Crippen LogP contribution >= 0.6 is 0 Å². The highest BCUT2D eigenvalue weighted by Crippen LogP contribution is 2.35. The molecule has 0 saturated heterocycles. The maximum absolute atomic E-state index is 6.34. The van der Waals surface area contributed by atoms with E-state index in [0.717, 1.165) is 55.3 Å². The molecule has 0 bridgehead atoms. The van der Waals surface area contributed by atoms with Crippen molar-refractivity contribution in [1.82, 2.24) is 15.0 Å². The summed E-state index contributed by atoms with van der Waals surface area (Å²) in [5, 5.41) is 1.98. The van der Waals surface area contributed by atoms with E-state index in [0.29, 0.717) is 34.0 Å². The summed E-state index contributed by atoms with van der Waals surface area (Å²) >= 11 is 0. The van der Waals surface area contributed by atoms with Crippen LogP contribution in [0.25, 0.3) is 78.4 Å². The van der Waals surface area contributed by atoms with Crippen molar-refractivity contribution in [2.24, 2.45) is 0 Å². The van der Waals surface area contributed by atoms with Crippen molar-refractivity contribution >= 4 is 88.5 Å². The molecule has 8 rings (SSSR count). The second-order valence-corrected chi connectivity index (χ2v) is 11.6. The Hall–Kier alpha value is -5.55. The first-order chi connectivity index (χ1) is 23.4. The van der Waals surface area contributed by atoms with E-state index in [2.05, 4.69) is 12.1 Å². The summed E-state index contributed by atoms with van der Waals surface area (Å²) < 4.78 is 6.34. The van der Waals surface area contributed by atoms with Gasteiger partial charge in [0.05, 0.1) is 0 Å². The van der Waals surface area contributed by atoms with Crippen molar-refractivity contribution in [3.63, 3.8) is 0 Å². The Bertz CT molecular complexity index is 2410. The molecule has 0 aliphatic rings. The van der Waals surface area contributed by atoms with Gasteiger partial charge in [-0.2, -0.15) is 0 Å². The fourth-order valence-electron chi connectivity index (χ4n) is 6.02. The molecule has 10 radical (unpaired) electrons. The highest BCUT2D eigenvalue weighted by atomic mass is 16.3. The minimum Gasteiger partial charge on any atom is -0.456 e. The van der Waals surface area contributed by atoms with Gasteiger partial charge < -0.3 is 4.42 Å². The van der Waals surface area contributed by atoms with Gasteiger partial charge in [0, 0.05) is 27.5 Å². The van der Waals surface area contributed by atoms with Crippen LogP contribution in [0.15, 0.2) is 126 Å². The monoisotopic (exact) mass is 601 g/mol. The Labute approximate surface area is 284 Å². The first kappa shape index (κ1) is 29.8. The number of nitrogens with zero attached hydrogens (tertiary/aromatic N) is 3. The van der Waals surface area contributed by atoms with Gasteiger partial charge >= 0.3 is 0 Å². The Balaban J connectivity index is 1.17. The number of furan rings is 1. The van der Waals surface area contributed by atoms with E-state index in [1.54, 1.807) is 0 Å². The maximum Gasteiger partial charge on any atom is 0.164 e. The molecule has 6 aromatic carbocycles. The Kier molecular flexibility index (Phi) is 7.41. The molecule has 212 valence electrons. The summed E-state index contributed by atoms with van der Waals surface area (Å²) in [4.78, 5) is 14.5. The molecule has 0 aliphatic heterocycles. The number of fused-ring (bicyclic) bond motifs is 3. The van der Waals surface area contributed by atoms with Crippen LogP contribution in [0.1, 0.15) is 0 Å². The van der Waals surface area contributed by atoms with E-state index in [4.69, 9.17) is 58.6 Å². The predicted octanol–water partition coefficient (Wildman–Crippen LogP) is 4.08. The van der Waals surface area contributed by atoms with Crippen LogP contribution in [0, 0.1) is 0 Å². The summed E-state index contributed by atoms with van der Waals surface area (Å²) in [6, 6.07) is 39.9. The van der Waals surface area contributed by atoms with E-state index >= 15 is 0 Å². The van der Waals surface area contributed by atoms with Crippen molar-refractivity contribution in [2.45, 2.75) is 0 Å². The minimum atomic E-state index is 0.195. The lowest BCUT2D eigenvalue weighted by atomic mass is 9.59. The number of hydrogen-bond acceptors (Lipinski definition) is 4. The summed E-state index contributed by atoms with van der Waals surface area (Å²) in [5.41, 5.74) is 8.83. The zero-order valence-electron chi connectivity index (χ0n) is 25.7. The first-order valence-corrected chi connectivity index (χ1v) is 15.3. The molecule has 4 nitrogen and oxygen atoms in total. The van der Waals surface area contributed by atoms with Gasteiger partial charge in [0.1, 0.15) is 50.4 Å². The molecule has 9 heteroatoms. The SMILES string of the molecule is [B]c1c([B])c([B])c(-c2ccc(-c3ccc4oc5cc(-c6nc(-c7ccccc7)nc(-c7ccccc7)n6)ccc5c4c3)cc2)c([B])c1[B]. The quantitative estimate of drug-likeness (QED) is 0.280. The average Bonchev–Trinajstić information content (AvgIpc) is 3.51. The van der Waals surface area contributed by atoms with Crippen LogP contribution < -0.4 is 27.3 Å². The third-order valence-corrected chi connectivity index (χ3v) is 8.64. The van der Waals surface area contributed by atoms with Crippen molar-refractivity contribution in [1.29, 1.82) is 0 Å². The lowest BCUT2D eigenvalue weighted by Crippen LogP contribution is -2.55. The van der Waals surface area contributed by atoms with Crippen LogP contribution in [0.3, 0.4) is 0 Å². The molecule has 48 heavy (non-hydrogen) atoms. The van der Waals surface area contributed by atoms with Gasteiger partial charge in [0.25, 0.3) is 0 Å². The fourth-order valence-corrected chi connectivity index (χ4v) is 6.02. The zero-order valence-corrected chi connectivity index (χ0v) is 25.7. The Morgan fingerprint density at radius 3 is 1.42 bits per heavy atom. The largest absolute Gasteiger partial charge is 0.456 e. The second-order valence-electron chi connectivity index (χ2n) is 11.6. The fraction of sp³-hybridized carbons (Fsp3) is 0. The molecule has 0 N–H and O–H groups in total. The molecule has 8 aromatic rings.